The predicted octanol–water partition coefficient (Wildman–Crippen LogP) is 5.01. The predicted molar refractivity (Wildman–Crippen MR) is 138 cm³/mol. The molecule has 0 saturated carbocycles. The van der Waals surface area contributed by atoms with E-state index in [0.717, 1.165) is 4.90 Å². The van der Waals surface area contributed by atoms with Gasteiger partial charge in [0.1, 0.15) is 19.0 Å². The van der Waals surface area contributed by atoms with Crippen molar-refractivity contribution in [3.8, 4) is 5.75 Å². The second-order valence-corrected chi connectivity index (χ2v) is 9.68. The summed E-state index contributed by atoms with van der Waals surface area (Å²) in [4.78, 5) is 39.1. The number of carbonyl (C=O) groups is 3. The first-order valence-electron chi connectivity index (χ1n) is 11.9. The topological polar surface area (TPSA) is 93.1 Å². The van der Waals surface area contributed by atoms with Gasteiger partial charge in [0.15, 0.2) is 11.9 Å². The van der Waals surface area contributed by atoms with Gasteiger partial charge in [-0.05, 0) is 35.9 Å². The third-order valence-corrected chi connectivity index (χ3v) is 6.88. The summed E-state index contributed by atoms with van der Waals surface area (Å²) in [6.45, 7) is -1.23. The summed E-state index contributed by atoms with van der Waals surface area (Å²) in [5.74, 6) is -1.00. The molecule has 0 fully saturated rings. The molecule has 0 aliphatic carbocycles. The van der Waals surface area contributed by atoms with Gasteiger partial charge in [0.25, 0.3) is 0 Å². The molecule has 1 amide bonds. The number of carbonyl (C=O) groups excluding carboxylic acids is 2. The minimum Gasteiger partial charge on any atom is -0.492 e. The largest absolute Gasteiger partial charge is 0.492 e. The van der Waals surface area contributed by atoms with Gasteiger partial charge in [-0.15, -0.1) is 11.8 Å². The van der Waals surface area contributed by atoms with Gasteiger partial charge in [0.05, 0.1) is 18.0 Å². The Labute approximate surface area is 226 Å². The van der Waals surface area contributed by atoms with Crippen molar-refractivity contribution >= 4 is 35.1 Å². The monoisotopic (exact) mass is 559 g/mol. The number of hydrogen-bond acceptors (Lipinski definition) is 6. The molecule has 11 heteroatoms. The number of anilines is 1. The molecule has 0 bridgehead atoms. The average Bonchev–Trinajstić information content (AvgIpc) is 2.92. The molecule has 3 aromatic carbocycles. The number of benzene rings is 3. The fraction of sp³-hybridized carbons (Fsp3) is 0.250. The number of ether oxygens (including phenoxy) is 2. The highest BCUT2D eigenvalue weighted by Crippen LogP contribution is 2.36. The number of carboxylic acid groups (broad SMARTS) is 1. The Morgan fingerprint density at radius 2 is 1.72 bits per heavy atom. The molecule has 1 aliphatic heterocycles. The van der Waals surface area contributed by atoms with E-state index in [4.69, 9.17) is 9.84 Å². The van der Waals surface area contributed by atoms with Crippen LogP contribution in [0.5, 0.6) is 5.75 Å². The molecule has 39 heavy (non-hydrogen) atoms. The van der Waals surface area contributed by atoms with Crippen LogP contribution in [0.25, 0.3) is 0 Å². The molecule has 3 aromatic rings. The van der Waals surface area contributed by atoms with Gasteiger partial charge in [-0.3, -0.25) is 9.59 Å². The van der Waals surface area contributed by atoms with Gasteiger partial charge in [0, 0.05) is 22.4 Å². The molecule has 204 valence electrons. The summed E-state index contributed by atoms with van der Waals surface area (Å²) in [7, 11) is 0. The molecule has 4 rings (SSSR count). The zero-order chi connectivity index (χ0) is 28.0. The van der Waals surface area contributed by atoms with Crippen molar-refractivity contribution in [3.63, 3.8) is 0 Å². The summed E-state index contributed by atoms with van der Waals surface area (Å²) in [5.41, 5.74) is 2.28. The van der Waals surface area contributed by atoms with E-state index in [1.165, 1.54) is 11.8 Å². The number of aliphatic carboxylic acids is 1. The van der Waals surface area contributed by atoms with Gasteiger partial charge in [-0.1, -0.05) is 42.5 Å². The maximum absolute atomic E-state index is 12.8. The standard InChI is InChI=1S/C28H24F3NO6S/c29-28(30,31)17-38-23(27(35)36)14-18-6-9-21(10-7-18)37-13-12-32-22-11-8-20(15-24(22)39-16-25(32)33)26(34)19-4-2-1-3-5-19/h1-11,15,23H,12-14,16-17H2,(H,35,36). The lowest BCUT2D eigenvalue weighted by Crippen LogP contribution is -2.38. The molecular weight excluding hydrogens is 535 g/mol. The lowest BCUT2D eigenvalue weighted by Gasteiger charge is -2.29. The van der Waals surface area contributed by atoms with Crippen LogP contribution in [-0.4, -0.2) is 60.6 Å². The lowest BCUT2D eigenvalue weighted by molar-refractivity contribution is -0.192. The van der Waals surface area contributed by atoms with Crippen LogP contribution in [0.15, 0.2) is 77.7 Å². The van der Waals surface area contributed by atoms with E-state index >= 15 is 0 Å². The van der Waals surface area contributed by atoms with Crippen molar-refractivity contribution in [1.82, 2.24) is 0 Å². The van der Waals surface area contributed by atoms with Crippen LogP contribution in [0, 0.1) is 0 Å². The van der Waals surface area contributed by atoms with Crippen molar-refractivity contribution in [1.29, 1.82) is 0 Å². The van der Waals surface area contributed by atoms with Gasteiger partial charge in [-0.2, -0.15) is 13.2 Å². The molecule has 0 radical (unpaired) electrons. The Morgan fingerprint density at radius 1 is 1.00 bits per heavy atom. The third-order valence-electron chi connectivity index (χ3n) is 5.85. The van der Waals surface area contributed by atoms with Gasteiger partial charge in [-0.25, -0.2) is 4.79 Å². The molecule has 0 spiro atoms. The molecule has 1 N–H and O–H groups in total. The highest BCUT2D eigenvalue weighted by molar-refractivity contribution is 8.00. The van der Waals surface area contributed by atoms with Gasteiger partial charge < -0.3 is 19.5 Å². The van der Waals surface area contributed by atoms with Crippen molar-refractivity contribution in [3.05, 3.63) is 89.5 Å². The Kier molecular flexibility index (Phi) is 8.93. The summed E-state index contributed by atoms with van der Waals surface area (Å²) < 4.78 is 47.4. The maximum atomic E-state index is 12.8. The minimum atomic E-state index is -4.62. The molecule has 1 aliphatic rings. The SMILES string of the molecule is O=C(c1ccccc1)c1ccc2c(c1)SCC(=O)N2CCOc1ccc(CC(OCC(F)(F)F)C(=O)O)cc1. The van der Waals surface area contributed by atoms with E-state index in [2.05, 4.69) is 4.74 Å². The number of hydrogen-bond donors (Lipinski definition) is 1. The number of halogens is 3. The number of amides is 1. The minimum absolute atomic E-state index is 0.0906. The number of thioether (sulfide) groups is 1. The average molecular weight is 560 g/mol. The first-order chi connectivity index (χ1) is 18.6. The molecule has 1 atom stereocenters. The fourth-order valence-corrected chi connectivity index (χ4v) is 4.92. The fourth-order valence-electron chi connectivity index (χ4n) is 3.95. The van der Waals surface area contributed by atoms with E-state index in [-0.39, 0.29) is 37.0 Å². The Bertz CT molecular complexity index is 1330. The quantitative estimate of drug-likeness (QED) is 0.330. The second-order valence-electron chi connectivity index (χ2n) is 8.66. The number of rotatable bonds is 11. The molecule has 0 saturated heterocycles. The summed E-state index contributed by atoms with van der Waals surface area (Å²) in [6.07, 6.45) is -6.50. The van der Waals surface area contributed by atoms with Gasteiger partial charge in [0.2, 0.25) is 5.91 Å². The number of alkyl halides is 3. The van der Waals surface area contributed by atoms with E-state index in [1.807, 2.05) is 6.07 Å². The third kappa shape index (κ3) is 7.61. The first-order valence-corrected chi connectivity index (χ1v) is 12.9. The van der Waals surface area contributed by atoms with Crippen LogP contribution in [0.2, 0.25) is 0 Å². The van der Waals surface area contributed by atoms with E-state index in [9.17, 15) is 27.6 Å². The molecule has 0 aromatic heterocycles. The second kappa shape index (κ2) is 12.4. The van der Waals surface area contributed by atoms with Crippen molar-refractivity contribution in [2.75, 3.05) is 30.4 Å². The van der Waals surface area contributed by atoms with Crippen LogP contribution in [0.4, 0.5) is 18.9 Å². The number of carboxylic acids is 1. The maximum Gasteiger partial charge on any atom is 0.411 e. The van der Waals surface area contributed by atoms with E-state index < -0.39 is 24.9 Å². The smallest absolute Gasteiger partial charge is 0.411 e. The Balaban J connectivity index is 1.35. The summed E-state index contributed by atoms with van der Waals surface area (Å²) in [6, 6.07) is 20.4. The number of fused-ring (bicyclic) bond motifs is 1. The normalized spacial score (nSPS) is 14.0. The van der Waals surface area contributed by atoms with Crippen LogP contribution in [0.1, 0.15) is 21.5 Å². The molecule has 1 unspecified atom stereocenters. The lowest BCUT2D eigenvalue weighted by atomic mass is 10.0. The summed E-state index contributed by atoms with van der Waals surface area (Å²) >= 11 is 1.37. The van der Waals surface area contributed by atoms with Crippen LogP contribution >= 0.6 is 11.8 Å². The van der Waals surface area contributed by atoms with E-state index in [1.54, 1.807) is 71.6 Å². The van der Waals surface area contributed by atoms with Crippen LogP contribution < -0.4 is 9.64 Å². The van der Waals surface area contributed by atoms with Gasteiger partial charge >= 0.3 is 12.1 Å². The highest BCUT2D eigenvalue weighted by Gasteiger charge is 2.31. The zero-order valence-electron chi connectivity index (χ0n) is 20.5. The van der Waals surface area contributed by atoms with E-state index in [0.29, 0.717) is 28.1 Å². The molecular formula is C28H24F3NO6S. The number of ketones is 1. The highest BCUT2D eigenvalue weighted by atomic mass is 32.2. The van der Waals surface area contributed by atoms with Crippen molar-refractivity contribution < 1.29 is 42.1 Å². The molecule has 1 heterocycles. The Morgan fingerprint density at radius 3 is 2.38 bits per heavy atom. The van der Waals surface area contributed by atoms with Crippen LogP contribution in [0.3, 0.4) is 0 Å². The van der Waals surface area contributed by atoms with Crippen molar-refractivity contribution in [2.24, 2.45) is 0 Å². The zero-order valence-corrected chi connectivity index (χ0v) is 21.3. The van der Waals surface area contributed by atoms with Crippen molar-refractivity contribution in [2.45, 2.75) is 23.6 Å². The van der Waals surface area contributed by atoms with Crippen LogP contribution in [-0.2, 0) is 20.7 Å². The first kappa shape index (κ1) is 28.2. The number of nitrogens with zero attached hydrogens (tertiary/aromatic N) is 1. The Hall–Kier alpha value is -3.83. The molecule has 7 nitrogen and oxygen atoms in total. The summed E-state index contributed by atoms with van der Waals surface area (Å²) in [5, 5.41) is 9.14.